The molecule has 0 aliphatic heterocycles. The molecule has 3 saturated carbocycles. The lowest BCUT2D eigenvalue weighted by atomic mass is 9.48. The summed E-state index contributed by atoms with van der Waals surface area (Å²) in [6.07, 6.45) is 10.5. The van der Waals surface area contributed by atoms with Gasteiger partial charge in [0.25, 0.3) is 0 Å². The molecule has 0 spiro atoms. The van der Waals surface area contributed by atoms with Gasteiger partial charge in [-0.05, 0) is 85.5 Å². The Kier molecular flexibility index (Phi) is 4.51. The maximum Gasteiger partial charge on any atom is 0.302 e. The van der Waals surface area contributed by atoms with E-state index >= 15 is 0 Å². The molecule has 0 heterocycles. The summed E-state index contributed by atoms with van der Waals surface area (Å²) in [6.45, 7) is 10.6. The van der Waals surface area contributed by atoms with Crippen LogP contribution in [0.2, 0.25) is 0 Å². The van der Waals surface area contributed by atoms with Crippen LogP contribution in [-0.2, 0) is 9.53 Å². The van der Waals surface area contributed by atoms with E-state index < -0.39 is 0 Å². The predicted molar refractivity (Wildman–Crippen MR) is 107 cm³/mol. The fourth-order valence-electron chi connectivity index (χ4n) is 7.88. The molecule has 0 saturated heterocycles. The topological polar surface area (TPSA) is 46.5 Å². The van der Waals surface area contributed by atoms with E-state index in [1.54, 1.807) is 5.57 Å². The molecule has 3 fully saturated rings. The lowest BCUT2D eigenvalue weighted by Crippen LogP contribution is -2.49. The zero-order chi connectivity index (χ0) is 19.6. The van der Waals surface area contributed by atoms with Crippen LogP contribution in [0, 0.1) is 34.5 Å². The Morgan fingerprint density at radius 2 is 1.85 bits per heavy atom. The summed E-state index contributed by atoms with van der Waals surface area (Å²) in [5.74, 6) is 3.07. The largest absolute Gasteiger partial charge is 0.513 e. The third-order valence-corrected chi connectivity index (χ3v) is 8.89. The summed E-state index contributed by atoms with van der Waals surface area (Å²) < 4.78 is 5.55. The highest BCUT2D eigenvalue weighted by atomic mass is 16.5. The Morgan fingerprint density at radius 1 is 1.15 bits per heavy atom. The van der Waals surface area contributed by atoms with E-state index in [4.69, 9.17) is 4.74 Å². The van der Waals surface area contributed by atoms with Crippen molar-refractivity contribution in [2.75, 3.05) is 0 Å². The van der Waals surface area contributed by atoms with Crippen LogP contribution in [0.25, 0.3) is 0 Å². The van der Waals surface area contributed by atoms with Gasteiger partial charge >= 0.3 is 5.97 Å². The van der Waals surface area contributed by atoms with E-state index in [0.717, 1.165) is 37.5 Å². The molecular formula is C24H36O3. The smallest absolute Gasteiger partial charge is 0.302 e. The number of aliphatic hydroxyl groups excluding tert-OH is 1. The van der Waals surface area contributed by atoms with E-state index in [0.29, 0.717) is 17.6 Å². The number of esters is 1. The zero-order valence-corrected chi connectivity index (χ0v) is 17.7. The van der Waals surface area contributed by atoms with Crippen LogP contribution in [0.15, 0.2) is 23.0 Å². The molecule has 0 unspecified atom stereocenters. The van der Waals surface area contributed by atoms with E-state index in [2.05, 4.69) is 26.8 Å². The average Bonchev–Trinajstić information content (AvgIpc) is 2.85. The standard InChI is InChI=1S/C24H36O3/c1-14-12-21-19-7-6-17-13-18(27-16(3)26)8-10-23(17,4)20(19)9-11-24(21,5)22(14)15(2)25/h6,14,18-21,25H,7-13H2,1-5H3/t14-,18+,19-,20+,21+,23+,24+/m1/s1. The molecule has 27 heavy (non-hydrogen) atoms. The molecule has 4 rings (SSSR count). The predicted octanol–water partition coefficient (Wildman–Crippen LogP) is 5.96. The van der Waals surface area contributed by atoms with Gasteiger partial charge in [-0.15, -0.1) is 0 Å². The second-order valence-corrected chi connectivity index (χ2v) is 10.3. The third-order valence-electron chi connectivity index (χ3n) is 8.89. The lowest BCUT2D eigenvalue weighted by molar-refractivity contribution is -0.148. The summed E-state index contributed by atoms with van der Waals surface area (Å²) in [6, 6.07) is 0. The zero-order valence-electron chi connectivity index (χ0n) is 17.7. The van der Waals surface area contributed by atoms with Crippen molar-refractivity contribution in [2.24, 2.45) is 34.5 Å². The molecular weight excluding hydrogens is 336 g/mol. The minimum Gasteiger partial charge on any atom is -0.513 e. The summed E-state index contributed by atoms with van der Waals surface area (Å²) in [4.78, 5) is 11.4. The van der Waals surface area contributed by atoms with Gasteiger partial charge in [-0.1, -0.05) is 32.4 Å². The number of aliphatic hydroxyl groups is 1. The number of hydrogen-bond acceptors (Lipinski definition) is 3. The molecule has 150 valence electrons. The van der Waals surface area contributed by atoms with E-state index in [1.165, 1.54) is 31.8 Å². The summed E-state index contributed by atoms with van der Waals surface area (Å²) in [5.41, 5.74) is 3.33. The Bertz CT molecular complexity index is 700. The molecule has 0 radical (unpaired) electrons. The molecule has 1 N–H and O–H groups in total. The number of rotatable bonds is 1. The summed E-state index contributed by atoms with van der Waals surface area (Å²) in [5, 5.41) is 10.4. The number of hydrogen-bond donors (Lipinski definition) is 1. The van der Waals surface area contributed by atoms with Gasteiger partial charge in [-0.3, -0.25) is 4.79 Å². The first-order chi connectivity index (χ1) is 12.7. The SMILES string of the molecule is CC(=O)O[C@H]1CC[C@@]2(C)C(=CC[C@@H]3[C@@H]2CC[C@]2(C)C(=C(C)O)[C@H](C)C[C@@H]32)C1. The first-order valence-electron chi connectivity index (χ1n) is 10.9. The molecule has 0 amide bonds. The van der Waals surface area contributed by atoms with E-state index in [9.17, 15) is 9.90 Å². The van der Waals surface area contributed by atoms with Gasteiger partial charge in [0.1, 0.15) is 6.10 Å². The highest BCUT2D eigenvalue weighted by Gasteiger charge is 2.59. The van der Waals surface area contributed by atoms with Crippen molar-refractivity contribution in [2.45, 2.75) is 85.7 Å². The van der Waals surface area contributed by atoms with Gasteiger partial charge in [0.05, 0.1) is 5.76 Å². The molecule has 0 aromatic rings. The van der Waals surface area contributed by atoms with E-state index in [-0.39, 0.29) is 22.9 Å². The minimum atomic E-state index is -0.148. The maximum atomic E-state index is 11.4. The van der Waals surface area contributed by atoms with Crippen LogP contribution in [0.5, 0.6) is 0 Å². The number of fused-ring (bicyclic) bond motifs is 5. The first kappa shape index (κ1) is 19.1. The van der Waals surface area contributed by atoms with Crippen LogP contribution in [-0.4, -0.2) is 17.2 Å². The van der Waals surface area contributed by atoms with Crippen LogP contribution in [0.4, 0.5) is 0 Å². The lowest BCUT2D eigenvalue weighted by Gasteiger charge is -2.57. The highest BCUT2D eigenvalue weighted by molar-refractivity contribution is 5.66. The Labute approximate surface area is 164 Å². The van der Waals surface area contributed by atoms with Crippen LogP contribution in [0.1, 0.15) is 79.6 Å². The van der Waals surface area contributed by atoms with Crippen molar-refractivity contribution >= 4 is 5.97 Å². The Morgan fingerprint density at radius 3 is 2.52 bits per heavy atom. The number of ether oxygens (including phenoxy) is 1. The van der Waals surface area contributed by atoms with Crippen molar-refractivity contribution in [1.82, 2.24) is 0 Å². The summed E-state index contributed by atoms with van der Waals surface area (Å²) in [7, 11) is 0. The third kappa shape index (κ3) is 2.79. The van der Waals surface area contributed by atoms with Crippen molar-refractivity contribution in [3.8, 4) is 0 Å². The molecule has 3 nitrogen and oxygen atoms in total. The molecule has 3 heteroatoms. The first-order valence-corrected chi connectivity index (χ1v) is 10.9. The number of carbonyl (C=O) groups excluding carboxylic acids is 1. The Balaban J connectivity index is 1.63. The van der Waals surface area contributed by atoms with Crippen LogP contribution in [0.3, 0.4) is 0 Å². The second-order valence-electron chi connectivity index (χ2n) is 10.3. The van der Waals surface area contributed by atoms with Gasteiger partial charge in [-0.2, -0.15) is 0 Å². The summed E-state index contributed by atoms with van der Waals surface area (Å²) >= 11 is 0. The fourth-order valence-corrected chi connectivity index (χ4v) is 7.88. The van der Waals surface area contributed by atoms with Gasteiger partial charge in [-0.25, -0.2) is 0 Å². The molecule has 4 aliphatic rings. The van der Waals surface area contributed by atoms with Gasteiger partial charge < -0.3 is 9.84 Å². The average molecular weight is 373 g/mol. The van der Waals surface area contributed by atoms with Crippen molar-refractivity contribution < 1.29 is 14.6 Å². The Hall–Kier alpha value is -1.25. The second kappa shape index (κ2) is 6.39. The molecule has 4 aliphatic carbocycles. The van der Waals surface area contributed by atoms with Crippen molar-refractivity contribution in [3.63, 3.8) is 0 Å². The number of allylic oxidation sites excluding steroid dienone is 3. The highest BCUT2D eigenvalue weighted by Crippen LogP contribution is 2.67. The number of carbonyl (C=O) groups is 1. The maximum absolute atomic E-state index is 11.4. The molecule has 0 aromatic heterocycles. The molecule has 7 atom stereocenters. The van der Waals surface area contributed by atoms with Crippen molar-refractivity contribution in [3.05, 3.63) is 23.0 Å². The van der Waals surface area contributed by atoms with Gasteiger partial charge in [0, 0.05) is 13.3 Å². The molecule has 0 bridgehead atoms. The fraction of sp³-hybridized carbons (Fsp3) is 0.792. The molecule has 0 aromatic carbocycles. The monoisotopic (exact) mass is 372 g/mol. The normalized spacial score (nSPS) is 48.0. The quantitative estimate of drug-likeness (QED) is 0.351. The minimum absolute atomic E-state index is 0.0744. The van der Waals surface area contributed by atoms with E-state index in [1.807, 2.05) is 6.92 Å². The van der Waals surface area contributed by atoms with Gasteiger partial charge in [0.2, 0.25) is 0 Å². The van der Waals surface area contributed by atoms with Crippen molar-refractivity contribution in [1.29, 1.82) is 0 Å². The van der Waals surface area contributed by atoms with Gasteiger partial charge in [0.15, 0.2) is 0 Å². The van der Waals surface area contributed by atoms with Crippen LogP contribution < -0.4 is 0 Å². The van der Waals surface area contributed by atoms with Crippen LogP contribution >= 0.6 is 0 Å².